The summed E-state index contributed by atoms with van der Waals surface area (Å²) in [6, 6.07) is 11.8. The standard InChI is InChI=1S/C16H18BrNO2/c1-16(2,3)20-15(19)18-9-5-8-14(18)11-12-6-4-7-13(17)10-12/h4-10H,11H2,1-3H3. The molecule has 1 heterocycles. The van der Waals surface area contributed by atoms with Gasteiger partial charge in [0.05, 0.1) is 0 Å². The van der Waals surface area contributed by atoms with Crippen molar-refractivity contribution in [2.24, 2.45) is 0 Å². The van der Waals surface area contributed by atoms with Crippen LogP contribution in [0.2, 0.25) is 0 Å². The maximum atomic E-state index is 12.1. The predicted octanol–water partition coefficient (Wildman–Crippen LogP) is 4.62. The molecule has 4 heteroatoms. The fraction of sp³-hybridized carbons (Fsp3) is 0.312. The van der Waals surface area contributed by atoms with Gasteiger partial charge in [0.2, 0.25) is 0 Å². The van der Waals surface area contributed by atoms with Crippen LogP contribution in [-0.4, -0.2) is 16.3 Å². The smallest absolute Gasteiger partial charge is 0.418 e. The monoisotopic (exact) mass is 335 g/mol. The molecule has 0 saturated carbocycles. The lowest BCUT2D eigenvalue weighted by atomic mass is 10.1. The number of carbonyl (C=O) groups is 1. The first-order chi connectivity index (χ1) is 9.35. The number of benzene rings is 1. The lowest BCUT2D eigenvalue weighted by molar-refractivity contribution is 0.0533. The number of rotatable bonds is 2. The van der Waals surface area contributed by atoms with Crippen LogP contribution in [0, 0.1) is 0 Å². The Bertz CT molecular complexity index is 611. The summed E-state index contributed by atoms with van der Waals surface area (Å²) in [6.07, 6.45) is 2.08. The van der Waals surface area contributed by atoms with Crippen LogP contribution in [0.15, 0.2) is 47.1 Å². The Morgan fingerprint density at radius 3 is 2.65 bits per heavy atom. The average Bonchev–Trinajstić information content (AvgIpc) is 2.75. The van der Waals surface area contributed by atoms with Gasteiger partial charge in [-0.25, -0.2) is 4.79 Å². The summed E-state index contributed by atoms with van der Waals surface area (Å²) in [5.74, 6) is 0. The van der Waals surface area contributed by atoms with Crippen molar-refractivity contribution in [3.8, 4) is 0 Å². The molecule has 0 amide bonds. The molecule has 0 unspecified atom stereocenters. The minimum atomic E-state index is -0.492. The average molecular weight is 336 g/mol. The highest BCUT2D eigenvalue weighted by atomic mass is 79.9. The molecule has 0 atom stereocenters. The van der Waals surface area contributed by atoms with Gasteiger partial charge in [-0.2, -0.15) is 0 Å². The summed E-state index contributed by atoms with van der Waals surface area (Å²) in [6.45, 7) is 5.59. The third kappa shape index (κ3) is 3.97. The van der Waals surface area contributed by atoms with Gasteiger partial charge in [-0.3, -0.25) is 4.57 Å². The van der Waals surface area contributed by atoms with Crippen LogP contribution in [0.5, 0.6) is 0 Å². The van der Waals surface area contributed by atoms with E-state index in [0.29, 0.717) is 6.42 Å². The molecule has 0 spiro atoms. The van der Waals surface area contributed by atoms with Crippen LogP contribution in [0.1, 0.15) is 32.0 Å². The van der Waals surface area contributed by atoms with Crippen molar-refractivity contribution in [1.82, 2.24) is 4.57 Å². The summed E-state index contributed by atoms with van der Waals surface area (Å²) in [5.41, 5.74) is 1.56. The Morgan fingerprint density at radius 1 is 1.25 bits per heavy atom. The van der Waals surface area contributed by atoms with E-state index >= 15 is 0 Å². The van der Waals surface area contributed by atoms with E-state index in [2.05, 4.69) is 15.9 Å². The van der Waals surface area contributed by atoms with Gasteiger partial charge in [-0.1, -0.05) is 28.1 Å². The molecular weight excluding hydrogens is 318 g/mol. The Kier molecular flexibility index (Phi) is 4.33. The predicted molar refractivity (Wildman–Crippen MR) is 83.0 cm³/mol. The van der Waals surface area contributed by atoms with Crippen LogP contribution in [0.4, 0.5) is 4.79 Å². The van der Waals surface area contributed by atoms with E-state index in [1.54, 1.807) is 10.8 Å². The van der Waals surface area contributed by atoms with Crippen LogP contribution < -0.4 is 0 Å². The molecule has 0 aliphatic rings. The third-order valence-corrected chi connectivity index (χ3v) is 3.19. The van der Waals surface area contributed by atoms with Crippen molar-refractivity contribution >= 4 is 22.0 Å². The van der Waals surface area contributed by atoms with E-state index in [0.717, 1.165) is 15.7 Å². The van der Waals surface area contributed by atoms with Gasteiger partial charge in [0, 0.05) is 22.8 Å². The lowest BCUT2D eigenvalue weighted by Gasteiger charge is -2.20. The van der Waals surface area contributed by atoms with Crippen molar-refractivity contribution in [2.75, 3.05) is 0 Å². The molecule has 20 heavy (non-hydrogen) atoms. The zero-order valence-electron chi connectivity index (χ0n) is 11.9. The Labute approximate surface area is 127 Å². The molecule has 1 aromatic heterocycles. The molecule has 106 valence electrons. The van der Waals surface area contributed by atoms with Crippen LogP contribution in [-0.2, 0) is 11.2 Å². The molecule has 0 bridgehead atoms. The normalized spacial score (nSPS) is 11.4. The molecule has 0 N–H and O–H groups in total. The van der Waals surface area contributed by atoms with Crippen molar-refractivity contribution in [1.29, 1.82) is 0 Å². The van der Waals surface area contributed by atoms with Crippen molar-refractivity contribution < 1.29 is 9.53 Å². The van der Waals surface area contributed by atoms with E-state index in [1.165, 1.54) is 0 Å². The van der Waals surface area contributed by atoms with Gasteiger partial charge >= 0.3 is 6.09 Å². The van der Waals surface area contributed by atoms with E-state index in [-0.39, 0.29) is 6.09 Å². The van der Waals surface area contributed by atoms with E-state index < -0.39 is 5.60 Å². The first-order valence-electron chi connectivity index (χ1n) is 6.49. The molecule has 0 fully saturated rings. The third-order valence-electron chi connectivity index (χ3n) is 2.70. The zero-order chi connectivity index (χ0) is 14.8. The van der Waals surface area contributed by atoms with Crippen LogP contribution in [0.25, 0.3) is 0 Å². The molecule has 0 radical (unpaired) electrons. The van der Waals surface area contributed by atoms with Gasteiger partial charge in [-0.05, 0) is 50.6 Å². The van der Waals surface area contributed by atoms with Crippen molar-refractivity contribution in [3.63, 3.8) is 0 Å². The summed E-state index contributed by atoms with van der Waals surface area (Å²) in [5, 5.41) is 0. The highest BCUT2D eigenvalue weighted by Gasteiger charge is 2.19. The molecule has 0 aliphatic heterocycles. The van der Waals surface area contributed by atoms with Crippen LogP contribution in [0.3, 0.4) is 0 Å². The summed E-state index contributed by atoms with van der Waals surface area (Å²) < 4.78 is 7.99. The summed E-state index contributed by atoms with van der Waals surface area (Å²) in [4.78, 5) is 12.1. The fourth-order valence-electron chi connectivity index (χ4n) is 1.91. The second kappa shape index (κ2) is 5.83. The highest BCUT2D eigenvalue weighted by Crippen LogP contribution is 2.17. The van der Waals surface area contributed by atoms with Gasteiger partial charge in [-0.15, -0.1) is 0 Å². The number of hydrogen-bond donors (Lipinski definition) is 0. The minimum absolute atomic E-state index is 0.340. The minimum Gasteiger partial charge on any atom is -0.443 e. The maximum absolute atomic E-state index is 12.1. The quantitative estimate of drug-likeness (QED) is 0.801. The van der Waals surface area contributed by atoms with Gasteiger partial charge < -0.3 is 4.74 Å². The molecule has 2 aromatic rings. The number of halogens is 1. The lowest BCUT2D eigenvalue weighted by Crippen LogP contribution is -2.27. The Balaban J connectivity index is 2.19. The molecule has 1 aromatic carbocycles. The first kappa shape index (κ1) is 14.9. The molecule has 3 nitrogen and oxygen atoms in total. The van der Waals surface area contributed by atoms with Gasteiger partial charge in [0.15, 0.2) is 0 Å². The van der Waals surface area contributed by atoms with Crippen LogP contribution >= 0.6 is 15.9 Å². The van der Waals surface area contributed by atoms with Gasteiger partial charge in [0.25, 0.3) is 0 Å². The zero-order valence-corrected chi connectivity index (χ0v) is 13.5. The number of nitrogens with zero attached hydrogens (tertiary/aromatic N) is 1. The number of hydrogen-bond acceptors (Lipinski definition) is 2. The summed E-state index contributed by atoms with van der Waals surface area (Å²) >= 11 is 3.46. The largest absolute Gasteiger partial charge is 0.443 e. The molecular formula is C16H18BrNO2. The Hall–Kier alpha value is -1.55. The maximum Gasteiger partial charge on any atom is 0.418 e. The van der Waals surface area contributed by atoms with E-state index in [4.69, 9.17) is 4.74 Å². The second-order valence-corrected chi connectivity index (χ2v) is 6.57. The molecule has 2 rings (SSSR count). The first-order valence-corrected chi connectivity index (χ1v) is 7.28. The van der Waals surface area contributed by atoms with Gasteiger partial charge in [0.1, 0.15) is 5.60 Å². The fourth-order valence-corrected chi connectivity index (χ4v) is 2.35. The van der Waals surface area contributed by atoms with Crippen molar-refractivity contribution in [2.45, 2.75) is 32.8 Å². The number of carbonyl (C=O) groups excluding carboxylic acids is 1. The highest BCUT2D eigenvalue weighted by molar-refractivity contribution is 9.10. The Morgan fingerprint density at radius 2 is 2.00 bits per heavy atom. The molecule has 0 saturated heterocycles. The number of aromatic nitrogens is 1. The second-order valence-electron chi connectivity index (χ2n) is 5.66. The summed E-state index contributed by atoms with van der Waals surface area (Å²) in [7, 11) is 0. The SMILES string of the molecule is CC(C)(C)OC(=O)n1cccc1Cc1cccc(Br)c1. The van der Waals surface area contributed by atoms with E-state index in [9.17, 15) is 4.79 Å². The van der Waals surface area contributed by atoms with Crippen molar-refractivity contribution in [3.05, 3.63) is 58.3 Å². The van der Waals surface area contributed by atoms with E-state index in [1.807, 2.05) is 57.2 Å². The topological polar surface area (TPSA) is 31.2 Å². The number of ether oxygens (including phenoxy) is 1. The molecule has 0 aliphatic carbocycles.